The van der Waals surface area contributed by atoms with E-state index in [2.05, 4.69) is 0 Å². The highest BCUT2D eigenvalue weighted by Gasteiger charge is 2.48. The molecule has 29 heavy (non-hydrogen) atoms. The monoisotopic (exact) mass is 410 g/mol. The quantitative estimate of drug-likeness (QED) is 0.413. The number of carbonyl (C=O) groups excluding carboxylic acids is 4. The zero-order valence-corrected chi connectivity index (χ0v) is 16.4. The molecule has 2 rings (SSSR count). The number of rotatable bonds is 6. The van der Waals surface area contributed by atoms with Crippen LogP contribution >= 0.6 is 0 Å². The summed E-state index contributed by atoms with van der Waals surface area (Å²) in [6.07, 6.45) is -4.87. The van der Waals surface area contributed by atoms with Gasteiger partial charge in [0.1, 0.15) is 17.1 Å². The summed E-state index contributed by atoms with van der Waals surface area (Å²) in [5.41, 5.74) is -0.0937. The lowest BCUT2D eigenvalue weighted by molar-refractivity contribution is -0.259. The van der Waals surface area contributed by atoms with Crippen LogP contribution in [-0.4, -0.2) is 60.0 Å². The van der Waals surface area contributed by atoms with Crippen LogP contribution in [0, 0.1) is 0 Å². The number of hydrogen-bond donors (Lipinski definition) is 1. The van der Waals surface area contributed by atoms with Crippen molar-refractivity contribution in [2.75, 3.05) is 6.61 Å². The highest BCUT2D eigenvalue weighted by Crippen LogP contribution is 2.32. The molecule has 1 aliphatic rings. The predicted octanol–water partition coefficient (Wildman–Crippen LogP) is 1.12. The average molecular weight is 410 g/mol. The molecule has 4 atom stereocenters. The van der Waals surface area contributed by atoms with E-state index in [1.165, 1.54) is 32.0 Å². The van der Waals surface area contributed by atoms with E-state index in [1.54, 1.807) is 0 Å². The first-order chi connectivity index (χ1) is 13.6. The standard InChI is InChI=1S/C19H22O10/c1-9(20)16-13(24)6-5-7-14(16)29-19-18(28-12(4)23)17(27-11(3)22)15(8-25-19)26-10(2)21/h5-7,15,17-19,24H,8H2,1-4H3/t15-,17+,18-,19+/m1/s1. The Bertz CT molecular complexity index is 802. The highest BCUT2D eigenvalue weighted by molar-refractivity contribution is 5.99. The van der Waals surface area contributed by atoms with Gasteiger partial charge in [0, 0.05) is 20.8 Å². The number of benzene rings is 1. The Kier molecular flexibility index (Phi) is 7.16. The Morgan fingerprint density at radius 3 is 2.07 bits per heavy atom. The van der Waals surface area contributed by atoms with Crippen molar-refractivity contribution in [1.82, 2.24) is 0 Å². The van der Waals surface area contributed by atoms with Gasteiger partial charge in [-0.3, -0.25) is 19.2 Å². The summed E-state index contributed by atoms with van der Waals surface area (Å²) in [5.74, 6) is -2.87. The first-order valence-corrected chi connectivity index (χ1v) is 8.73. The lowest BCUT2D eigenvalue weighted by Gasteiger charge is -2.40. The first-order valence-electron chi connectivity index (χ1n) is 8.73. The fourth-order valence-electron chi connectivity index (χ4n) is 2.91. The molecule has 0 aromatic heterocycles. The van der Waals surface area contributed by atoms with E-state index in [9.17, 15) is 24.3 Å². The van der Waals surface area contributed by atoms with Crippen molar-refractivity contribution in [2.24, 2.45) is 0 Å². The molecule has 1 saturated heterocycles. The maximum atomic E-state index is 11.9. The van der Waals surface area contributed by atoms with Gasteiger partial charge in [-0.25, -0.2) is 0 Å². The topological polar surface area (TPSA) is 135 Å². The van der Waals surface area contributed by atoms with Crippen LogP contribution in [0.15, 0.2) is 18.2 Å². The van der Waals surface area contributed by atoms with Crippen molar-refractivity contribution >= 4 is 23.7 Å². The van der Waals surface area contributed by atoms with Crippen molar-refractivity contribution in [2.45, 2.75) is 52.3 Å². The van der Waals surface area contributed by atoms with E-state index in [0.717, 1.165) is 13.8 Å². The van der Waals surface area contributed by atoms with Gasteiger partial charge in [-0.2, -0.15) is 0 Å². The fraction of sp³-hybridized carbons (Fsp3) is 0.474. The number of esters is 3. The van der Waals surface area contributed by atoms with E-state index >= 15 is 0 Å². The lowest BCUT2D eigenvalue weighted by atomic mass is 10.0. The van der Waals surface area contributed by atoms with E-state index < -0.39 is 48.3 Å². The Morgan fingerprint density at radius 1 is 0.931 bits per heavy atom. The molecule has 0 spiro atoms. The van der Waals surface area contributed by atoms with Gasteiger partial charge >= 0.3 is 17.9 Å². The van der Waals surface area contributed by atoms with Gasteiger partial charge < -0.3 is 28.8 Å². The number of ether oxygens (including phenoxy) is 5. The van der Waals surface area contributed by atoms with Crippen LogP contribution in [0.3, 0.4) is 0 Å². The second-order valence-corrected chi connectivity index (χ2v) is 6.32. The molecule has 1 fully saturated rings. The molecule has 1 aromatic rings. The van der Waals surface area contributed by atoms with Crippen LogP contribution in [0.25, 0.3) is 0 Å². The van der Waals surface area contributed by atoms with E-state index in [-0.39, 0.29) is 23.7 Å². The normalized spacial score (nSPS) is 23.6. The summed E-state index contributed by atoms with van der Waals surface area (Å²) < 4.78 is 26.8. The summed E-state index contributed by atoms with van der Waals surface area (Å²) >= 11 is 0. The minimum atomic E-state index is -1.31. The van der Waals surface area contributed by atoms with Gasteiger partial charge in [-0.15, -0.1) is 0 Å². The van der Waals surface area contributed by atoms with Gasteiger partial charge in [0.15, 0.2) is 18.0 Å². The van der Waals surface area contributed by atoms with Crippen LogP contribution in [-0.2, 0) is 33.3 Å². The molecule has 1 aromatic carbocycles. The maximum Gasteiger partial charge on any atom is 0.303 e. The molecular weight excluding hydrogens is 388 g/mol. The van der Waals surface area contributed by atoms with Crippen molar-refractivity contribution in [3.05, 3.63) is 23.8 Å². The summed E-state index contributed by atoms with van der Waals surface area (Å²) in [5, 5.41) is 9.96. The molecule has 158 valence electrons. The second-order valence-electron chi connectivity index (χ2n) is 6.32. The van der Waals surface area contributed by atoms with Gasteiger partial charge in [0.05, 0.1) is 6.61 Å². The summed E-state index contributed by atoms with van der Waals surface area (Å²) in [6, 6.07) is 4.18. The molecule has 10 nitrogen and oxygen atoms in total. The van der Waals surface area contributed by atoms with Crippen LogP contribution in [0.2, 0.25) is 0 Å². The van der Waals surface area contributed by atoms with Crippen LogP contribution < -0.4 is 4.74 Å². The van der Waals surface area contributed by atoms with Gasteiger partial charge in [0.2, 0.25) is 12.4 Å². The molecule has 0 unspecified atom stereocenters. The zero-order valence-electron chi connectivity index (χ0n) is 16.4. The Labute approximate surface area is 166 Å². The minimum absolute atomic E-state index is 0.0211. The Hall–Kier alpha value is -3.14. The molecule has 0 aliphatic carbocycles. The Morgan fingerprint density at radius 2 is 1.52 bits per heavy atom. The molecule has 10 heteroatoms. The number of ketones is 1. The third-order valence-corrected chi connectivity index (χ3v) is 3.90. The molecule has 1 aliphatic heterocycles. The van der Waals surface area contributed by atoms with Crippen molar-refractivity contribution in [3.63, 3.8) is 0 Å². The summed E-state index contributed by atoms with van der Waals surface area (Å²) in [7, 11) is 0. The predicted molar refractivity (Wildman–Crippen MR) is 95.1 cm³/mol. The largest absolute Gasteiger partial charge is 0.507 e. The van der Waals surface area contributed by atoms with Crippen molar-refractivity contribution in [3.8, 4) is 11.5 Å². The van der Waals surface area contributed by atoms with E-state index in [1.807, 2.05) is 0 Å². The zero-order chi connectivity index (χ0) is 21.7. The van der Waals surface area contributed by atoms with E-state index in [0.29, 0.717) is 0 Å². The molecule has 0 amide bonds. The van der Waals surface area contributed by atoms with Gasteiger partial charge in [-0.1, -0.05) is 6.07 Å². The number of carbonyl (C=O) groups is 4. The minimum Gasteiger partial charge on any atom is -0.507 e. The highest BCUT2D eigenvalue weighted by atomic mass is 16.7. The SMILES string of the molecule is CC(=O)O[C@@H]1[C@@H](OC(C)=O)[C@H](Oc2cccc(O)c2C(C)=O)OC[C@H]1OC(C)=O. The number of Topliss-reactive ketones (excluding diaryl/α,β-unsaturated/α-hetero) is 1. The number of hydrogen-bond acceptors (Lipinski definition) is 10. The third kappa shape index (κ3) is 5.67. The number of phenols is 1. The Balaban J connectivity index is 2.39. The van der Waals surface area contributed by atoms with Gasteiger partial charge in [0.25, 0.3) is 0 Å². The summed E-state index contributed by atoms with van der Waals surface area (Å²) in [6.45, 7) is 4.46. The summed E-state index contributed by atoms with van der Waals surface area (Å²) in [4.78, 5) is 46.4. The first kappa shape index (κ1) is 22.2. The average Bonchev–Trinajstić information content (AvgIpc) is 2.58. The molecule has 1 N–H and O–H groups in total. The van der Waals surface area contributed by atoms with Crippen LogP contribution in [0.1, 0.15) is 38.1 Å². The fourth-order valence-corrected chi connectivity index (χ4v) is 2.91. The third-order valence-electron chi connectivity index (χ3n) is 3.90. The van der Waals surface area contributed by atoms with Crippen LogP contribution in [0.4, 0.5) is 0 Å². The number of phenolic OH excluding ortho intramolecular Hbond substituents is 1. The molecule has 0 radical (unpaired) electrons. The lowest BCUT2D eigenvalue weighted by Crippen LogP contribution is -2.59. The van der Waals surface area contributed by atoms with Gasteiger partial charge in [-0.05, 0) is 19.1 Å². The molecular formula is C19H22O10. The number of aromatic hydroxyl groups is 1. The molecule has 1 heterocycles. The molecule has 0 saturated carbocycles. The maximum absolute atomic E-state index is 11.9. The smallest absolute Gasteiger partial charge is 0.303 e. The van der Waals surface area contributed by atoms with Crippen molar-refractivity contribution in [1.29, 1.82) is 0 Å². The van der Waals surface area contributed by atoms with Crippen molar-refractivity contribution < 1.29 is 48.0 Å². The van der Waals surface area contributed by atoms with E-state index in [4.69, 9.17) is 23.7 Å². The second kappa shape index (κ2) is 9.37. The van der Waals surface area contributed by atoms with Crippen LogP contribution in [0.5, 0.6) is 11.5 Å². The molecule has 0 bridgehead atoms.